The number of hydrogen-bond donors (Lipinski definition) is 2. The number of anilines is 2. The lowest BCUT2D eigenvalue weighted by atomic mass is 9.96. The number of nitrogen functional groups attached to an aromatic ring is 1. The molecule has 0 radical (unpaired) electrons. The smallest absolute Gasteiger partial charge is 0.303 e. The fourth-order valence-corrected chi connectivity index (χ4v) is 3.36. The summed E-state index contributed by atoms with van der Waals surface area (Å²) in [6.07, 6.45) is 2.15. The van der Waals surface area contributed by atoms with Crippen LogP contribution in [0.15, 0.2) is 18.2 Å². The maximum atomic E-state index is 10.9. The monoisotopic (exact) mass is 334 g/mol. The normalized spacial score (nSPS) is 17.0. The average Bonchev–Trinajstić information content (AvgIpc) is 2.53. The molecule has 134 valence electrons. The van der Waals surface area contributed by atoms with E-state index in [1.807, 2.05) is 19.1 Å². The first-order chi connectivity index (χ1) is 11.4. The molecule has 5 nitrogen and oxygen atoms in total. The molecule has 1 aromatic carbocycles. The van der Waals surface area contributed by atoms with Crippen LogP contribution >= 0.6 is 0 Å². The van der Waals surface area contributed by atoms with Crippen molar-refractivity contribution in [1.82, 2.24) is 0 Å². The number of rotatable bonds is 7. The van der Waals surface area contributed by atoms with E-state index in [-0.39, 0.29) is 12.3 Å². The van der Waals surface area contributed by atoms with Gasteiger partial charge < -0.3 is 20.5 Å². The Labute approximate surface area is 144 Å². The lowest BCUT2D eigenvalue weighted by Crippen LogP contribution is -2.42. The van der Waals surface area contributed by atoms with Crippen molar-refractivity contribution in [3.05, 3.63) is 23.8 Å². The summed E-state index contributed by atoms with van der Waals surface area (Å²) in [6.45, 7) is 8.91. The van der Waals surface area contributed by atoms with Crippen LogP contribution in [0.3, 0.4) is 0 Å². The number of carboxylic acids is 1. The molecule has 24 heavy (non-hydrogen) atoms. The molecule has 0 spiro atoms. The van der Waals surface area contributed by atoms with E-state index in [9.17, 15) is 4.79 Å². The molecular formula is C19H30N2O3. The minimum atomic E-state index is -0.784. The van der Waals surface area contributed by atoms with Gasteiger partial charge in [-0.15, -0.1) is 0 Å². The molecule has 1 fully saturated rings. The third kappa shape index (κ3) is 4.87. The fraction of sp³-hybridized carbons (Fsp3) is 0.632. The minimum absolute atomic E-state index is 0.0412. The van der Waals surface area contributed by atoms with E-state index in [0.29, 0.717) is 12.0 Å². The summed E-state index contributed by atoms with van der Waals surface area (Å²) in [5.41, 5.74) is 9.13. The Morgan fingerprint density at radius 1 is 1.33 bits per heavy atom. The number of nitrogens with two attached hydrogens (primary N) is 1. The molecule has 3 N–H and O–H groups in total. The van der Waals surface area contributed by atoms with Crippen LogP contribution in [0.1, 0.15) is 51.5 Å². The van der Waals surface area contributed by atoms with Gasteiger partial charge in [0, 0.05) is 25.8 Å². The van der Waals surface area contributed by atoms with Gasteiger partial charge in [0.1, 0.15) is 0 Å². The first kappa shape index (κ1) is 18.6. The quantitative estimate of drug-likeness (QED) is 0.747. The molecule has 1 aliphatic heterocycles. The molecule has 0 amide bonds. The van der Waals surface area contributed by atoms with Gasteiger partial charge in [0.05, 0.1) is 17.8 Å². The Balaban J connectivity index is 2.24. The van der Waals surface area contributed by atoms with E-state index < -0.39 is 5.97 Å². The zero-order valence-electron chi connectivity index (χ0n) is 15.0. The molecule has 1 saturated heterocycles. The number of benzene rings is 1. The predicted octanol–water partition coefficient (Wildman–Crippen LogP) is 3.49. The third-order valence-electron chi connectivity index (χ3n) is 4.60. The Hall–Kier alpha value is -1.75. The number of ether oxygens (including phenoxy) is 1. The van der Waals surface area contributed by atoms with Gasteiger partial charge >= 0.3 is 5.97 Å². The van der Waals surface area contributed by atoms with Crippen molar-refractivity contribution in [3.63, 3.8) is 0 Å². The van der Waals surface area contributed by atoms with Crippen molar-refractivity contribution in [2.24, 2.45) is 5.92 Å². The van der Waals surface area contributed by atoms with E-state index in [1.54, 1.807) is 0 Å². The molecule has 0 aromatic heterocycles. The van der Waals surface area contributed by atoms with Crippen LogP contribution in [0.5, 0.6) is 0 Å². The van der Waals surface area contributed by atoms with Crippen LogP contribution in [0.25, 0.3) is 0 Å². The molecule has 1 aromatic rings. The zero-order chi connectivity index (χ0) is 17.7. The van der Waals surface area contributed by atoms with Gasteiger partial charge in [-0.05, 0) is 42.4 Å². The van der Waals surface area contributed by atoms with Crippen molar-refractivity contribution < 1.29 is 14.6 Å². The summed E-state index contributed by atoms with van der Waals surface area (Å²) in [4.78, 5) is 13.3. The molecule has 1 atom stereocenters. The van der Waals surface area contributed by atoms with Crippen LogP contribution in [0, 0.1) is 5.92 Å². The van der Waals surface area contributed by atoms with Gasteiger partial charge in [-0.25, -0.2) is 0 Å². The Morgan fingerprint density at radius 2 is 2.00 bits per heavy atom. The Morgan fingerprint density at radius 3 is 2.54 bits per heavy atom. The highest BCUT2D eigenvalue weighted by atomic mass is 16.5. The summed E-state index contributed by atoms with van der Waals surface area (Å²) < 4.78 is 5.49. The number of carboxylic acid groups (broad SMARTS) is 1. The maximum Gasteiger partial charge on any atom is 0.303 e. The second-order valence-electron chi connectivity index (χ2n) is 7.21. The van der Waals surface area contributed by atoms with Crippen LogP contribution in [0.2, 0.25) is 0 Å². The second-order valence-corrected chi connectivity index (χ2v) is 7.21. The van der Waals surface area contributed by atoms with Gasteiger partial charge in [0.2, 0.25) is 0 Å². The van der Waals surface area contributed by atoms with Crippen molar-refractivity contribution in [1.29, 1.82) is 0 Å². The van der Waals surface area contributed by atoms with Crippen molar-refractivity contribution in [2.45, 2.75) is 52.0 Å². The highest BCUT2D eigenvalue weighted by molar-refractivity contribution is 5.71. The number of nitrogens with zero attached hydrogens (tertiary/aromatic N) is 1. The van der Waals surface area contributed by atoms with Crippen molar-refractivity contribution >= 4 is 17.3 Å². The van der Waals surface area contributed by atoms with E-state index >= 15 is 0 Å². The largest absolute Gasteiger partial charge is 0.481 e. The molecule has 5 heteroatoms. The summed E-state index contributed by atoms with van der Waals surface area (Å²) in [5.74, 6) is -0.285. The highest BCUT2D eigenvalue weighted by Crippen LogP contribution is 2.32. The summed E-state index contributed by atoms with van der Waals surface area (Å²) in [5, 5.41) is 8.98. The summed E-state index contributed by atoms with van der Waals surface area (Å²) in [7, 11) is 0. The van der Waals surface area contributed by atoms with Crippen molar-refractivity contribution in [3.8, 4) is 0 Å². The maximum absolute atomic E-state index is 10.9. The summed E-state index contributed by atoms with van der Waals surface area (Å²) >= 11 is 0. The van der Waals surface area contributed by atoms with E-state index in [4.69, 9.17) is 15.6 Å². The number of aliphatic carboxylic acids is 1. The SMILES string of the molecule is CC(C)CN(c1ccc(C(C)CC(=O)O)cc1N)C1CCOCC1. The first-order valence-corrected chi connectivity index (χ1v) is 8.84. The van der Waals surface area contributed by atoms with Gasteiger partial charge in [-0.2, -0.15) is 0 Å². The third-order valence-corrected chi connectivity index (χ3v) is 4.60. The van der Waals surface area contributed by atoms with Crippen LogP contribution in [-0.4, -0.2) is 36.9 Å². The molecule has 1 heterocycles. The van der Waals surface area contributed by atoms with E-state index in [0.717, 1.165) is 49.5 Å². The van der Waals surface area contributed by atoms with Crippen LogP contribution < -0.4 is 10.6 Å². The zero-order valence-corrected chi connectivity index (χ0v) is 15.0. The topological polar surface area (TPSA) is 75.8 Å². The molecule has 0 aliphatic carbocycles. The minimum Gasteiger partial charge on any atom is -0.481 e. The molecular weight excluding hydrogens is 304 g/mol. The lowest BCUT2D eigenvalue weighted by Gasteiger charge is -2.38. The van der Waals surface area contributed by atoms with Crippen molar-refractivity contribution in [2.75, 3.05) is 30.4 Å². The lowest BCUT2D eigenvalue weighted by molar-refractivity contribution is -0.137. The van der Waals surface area contributed by atoms with Gasteiger partial charge in [0.25, 0.3) is 0 Å². The summed E-state index contributed by atoms with van der Waals surface area (Å²) in [6, 6.07) is 6.47. The van der Waals surface area contributed by atoms with Gasteiger partial charge in [-0.1, -0.05) is 26.8 Å². The number of carbonyl (C=O) groups is 1. The number of hydrogen-bond acceptors (Lipinski definition) is 4. The highest BCUT2D eigenvalue weighted by Gasteiger charge is 2.24. The molecule has 0 saturated carbocycles. The Bertz CT molecular complexity index is 554. The second kappa shape index (κ2) is 8.38. The molecule has 1 unspecified atom stereocenters. The van der Waals surface area contributed by atoms with Crippen LogP contribution in [-0.2, 0) is 9.53 Å². The molecule has 1 aliphatic rings. The van der Waals surface area contributed by atoms with Crippen LogP contribution in [0.4, 0.5) is 11.4 Å². The predicted molar refractivity (Wildman–Crippen MR) is 97.5 cm³/mol. The molecule has 2 rings (SSSR count). The Kier molecular flexibility index (Phi) is 6.49. The van der Waals surface area contributed by atoms with E-state index in [1.165, 1.54) is 0 Å². The van der Waals surface area contributed by atoms with E-state index in [2.05, 4.69) is 24.8 Å². The average molecular weight is 334 g/mol. The standard InChI is InChI=1S/C19H30N2O3/c1-13(2)12-21(16-6-8-24-9-7-16)18-5-4-15(11-17(18)20)14(3)10-19(22)23/h4-5,11,13-14,16H,6-10,12,20H2,1-3H3,(H,22,23). The fourth-order valence-electron chi connectivity index (χ4n) is 3.36. The molecule has 0 bridgehead atoms. The van der Waals surface area contributed by atoms with Gasteiger partial charge in [-0.3, -0.25) is 4.79 Å². The van der Waals surface area contributed by atoms with Gasteiger partial charge in [0.15, 0.2) is 0 Å². The first-order valence-electron chi connectivity index (χ1n) is 8.84.